The van der Waals surface area contributed by atoms with E-state index in [-0.39, 0.29) is 17.7 Å². The summed E-state index contributed by atoms with van der Waals surface area (Å²) in [6, 6.07) is 9.52. The number of anilines is 1. The number of amides is 1. The van der Waals surface area contributed by atoms with Gasteiger partial charge in [0.05, 0.1) is 5.75 Å². The monoisotopic (exact) mass is 374 g/mol. The fraction of sp³-hybridized carbons (Fsp3) is 0.250. The van der Waals surface area contributed by atoms with Crippen LogP contribution in [-0.2, 0) is 11.8 Å². The summed E-state index contributed by atoms with van der Waals surface area (Å²) in [7, 11) is 3.71. The lowest BCUT2D eigenvalue weighted by molar-refractivity contribution is -0.119. The van der Waals surface area contributed by atoms with E-state index in [0.29, 0.717) is 0 Å². The summed E-state index contributed by atoms with van der Waals surface area (Å²) in [5.74, 6) is 0.979. The third-order valence-electron chi connectivity index (χ3n) is 3.50. The van der Waals surface area contributed by atoms with Crippen LogP contribution in [0, 0.1) is 0 Å². The molecule has 0 saturated carbocycles. The van der Waals surface area contributed by atoms with E-state index < -0.39 is 0 Å². The second-order valence-corrected chi connectivity index (χ2v) is 7.42. The van der Waals surface area contributed by atoms with Crippen LogP contribution in [0.25, 0.3) is 0 Å². The van der Waals surface area contributed by atoms with Crippen LogP contribution in [-0.4, -0.2) is 38.5 Å². The first-order chi connectivity index (χ1) is 12.2. The Morgan fingerprint density at radius 3 is 2.76 bits per heavy atom. The minimum atomic E-state index is -0.295. The van der Waals surface area contributed by atoms with Gasteiger partial charge < -0.3 is 15.2 Å². The molecule has 9 heteroatoms. The Labute approximate surface area is 153 Å². The predicted octanol–water partition coefficient (Wildman–Crippen LogP) is 2.31. The van der Waals surface area contributed by atoms with Gasteiger partial charge in [-0.2, -0.15) is 0 Å². The zero-order chi connectivity index (χ0) is 17.6. The molecule has 0 fully saturated rings. The molecule has 1 unspecified atom stereocenters. The molecule has 0 bridgehead atoms. The van der Waals surface area contributed by atoms with E-state index in [9.17, 15) is 4.79 Å². The first kappa shape index (κ1) is 17.4. The smallest absolute Gasteiger partial charge is 0.231 e. The van der Waals surface area contributed by atoms with E-state index in [1.807, 2.05) is 48.1 Å². The SMILES string of the molecule is CNc1nnc(SCC(=O)NC(c2ccccc2)c2nccn2C)s1. The lowest BCUT2D eigenvalue weighted by Gasteiger charge is -2.19. The summed E-state index contributed by atoms with van der Waals surface area (Å²) in [4.78, 5) is 16.8. The molecule has 2 N–H and O–H groups in total. The first-order valence-corrected chi connectivity index (χ1v) is 9.43. The highest BCUT2D eigenvalue weighted by Gasteiger charge is 2.20. The van der Waals surface area contributed by atoms with Crippen LogP contribution in [0.3, 0.4) is 0 Å². The number of rotatable bonds is 7. The Morgan fingerprint density at radius 2 is 2.12 bits per heavy atom. The van der Waals surface area contributed by atoms with Crippen LogP contribution in [0.15, 0.2) is 47.1 Å². The van der Waals surface area contributed by atoms with Crippen LogP contribution in [0.5, 0.6) is 0 Å². The second-order valence-electron chi connectivity index (χ2n) is 5.22. The fourth-order valence-corrected chi connectivity index (χ4v) is 3.81. The summed E-state index contributed by atoms with van der Waals surface area (Å²) >= 11 is 2.79. The van der Waals surface area contributed by atoms with Gasteiger partial charge in [0.25, 0.3) is 0 Å². The fourth-order valence-electron chi connectivity index (χ4n) is 2.30. The summed E-state index contributed by atoms with van der Waals surface area (Å²) in [5, 5.41) is 14.7. The third kappa shape index (κ3) is 4.37. The van der Waals surface area contributed by atoms with E-state index in [1.165, 1.54) is 23.1 Å². The molecule has 0 aliphatic heterocycles. The van der Waals surface area contributed by atoms with Gasteiger partial charge in [-0.3, -0.25) is 4.79 Å². The molecule has 0 aliphatic carbocycles. The summed E-state index contributed by atoms with van der Waals surface area (Å²) in [5.41, 5.74) is 0.989. The lowest BCUT2D eigenvalue weighted by Crippen LogP contribution is -2.32. The first-order valence-electron chi connectivity index (χ1n) is 7.63. The van der Waals surface area contributed by atoms with Crippen molar-refractivity contribution < 1.29 is 4.79 Å². The third-order valence-corrected chi connectivity index (χ3v) is 5.58. The zero-order valence-corrected chi connectivity index (χ0v) is 15.5. The van der Waals surface area contributed by atoms with E-state index in [1.54, 1.807) is 13.2 Å². The predicted molar refractivity (Wildman–Crippen MR) is 99.8 cm³/mol. The molecule has 2 heterocycles. The standard InChI is InChI=1S/C16H18N6OS2/c1-17-15-20-21-16(25-15)24-10-12(23)19-13(11-6-4-3-5-7-11)14-18-8-9-22(14)2/h3-9,13H,10H2,1-2H3,(H,17,20)(H,19,23). The van der Waals surface area contributed by atoms with Crippen molar-refractivity contribution in [3.8, 4) is 0 Å². The van der Waals surface area contributed by atoms with Crippen molar-refractivity contribution in [2.24, 2.45) is 7.05 Å². The van der Waals surface area contributed by atoms with Crippen molar-refractivity contribution in [2.75, 3.05) is 18.1 Å². The number of hydrogen-bond acceptors (Lipinski definition) is 7. The summed E-state index contributed by atoms with van der Waals surface area (Å²) < 4.78 is 2.67. The van der Waals surface area contributed by atoms with Gasteiger partial charge in [0, 0.05) is 26.5 Å². The molecule has 1 amide bonds. The van der Waals surface area contributed by atoms with Gasteiger partial charge in [-0.1, -0.05) is 53.4 Å². The van der Waals surface area contributed by atoms with Gasteiger partial charge in [0.1, 0.15) is 11.9 Å². The molecule has 130 valence electrons. The molecule has 1 atom stereocenters. The molecule has 0 radical (unpaired) electrons. The molecule has 0 saturated heterocycles. The molecule has 3 aromatic rings. The highest BCUT2D eigenvalue weighted by molar-refractivity contribution is 8.01. The molecule has 0 aliphatic rings. The Bertz CT molecular complexity index is 832. The minimum Gasteiger partial charge on any atom is -0.363 e. The number of nitrogens with zero attached hydrogens (tertiary/aromatic N) is 4. The Hall–Kier alpha value is -2.39. The maximum Gasteiger partial charge on any atom is 0.231 e. The molecular weight excluding hydrogens is 356 g/mol. The molecular formula is C16H18N6OS2. The van der Waals surface area contributed by atoms with Crippen LogP contribution in [0.1, 0.15) is 17.4 Å². The van der Waals surface area contributed by atoms with Gasteiger partial charge in [0.2, 0.25) is 11.0 Å². The Morgan fingerprint density at radius 1 is 1.32 bits per heavy atom. The normalized spacial score (nSPS) is 11.9. The average molecular weight is 374 g/mol. The molecule has 25 heavy (non-hydrogen) atoms. The Balaban J connectivity index is 1.69. The number of carbonyl (C=O) groups excluding carboxylic acids is 1. The number of aromatic nitrogens is 4. The largest absolute Gasteiger partial charge is 0.363 e. The van der Waals surface area contributed by atoms with Gasteiger partial charge in [-0.25, -0.2) is 4.98 Å². The quantitative estimate of drug-likeness (QED) is 0.618. The van der Waals surface area contributed by atoms with Gasteiger partial charge >= 0.3 is 0 Å². The van der Waals surface area contributed by atoms with Crippen LogP contribution in [0.2, 0.25) is 0 Å². The van der Waals surface area contributed by atoms with Crippen molar-refractivity contribution in [3.63, 3.8) is 0 Å². The average Bonchev–Trinajstić information content (AvgIpc) is 3.27. The van der Waals surface area contributed by atoms with Crippen LogP contribution in [0.4, 0.5) is 5.13 Å². The zero-order valence-electron chi connectivity index (χ0n) is 13.8. The molecule has 0 spiro atoms. The summed E-state index contributed by atoms with van der Waals surface area (Å²) in [6.07, 6.45) is 3.60. The van der Waals surface area contributed by atoms with Crippen LogP contribution < -0.4 is 10.6 Å². The maximum absolute atomic E-state index is 12.5. The van der Waals surface area contributed by atoms with Gasteiger partial charge in [-0.15, -0.1) is 10.2 Å². The topological polar surface area (TPSA) is 84.7 Å². The Kier molecular flexibility index (Phi) is 5.67. The summed E-state index contributed by atoms with van der Waals surface area (Å²) in [6.45, 7) is 0. The highest BCUT2D eigenvalue weighted by Crippen LogP contribution is 2.25. The van der Waals surface area contributed by atoms with E-state index in [4.69, 9.17) is 0 Å². The lowest BCUT2D eigenvalue weighted by atomic mass is 10.1. The van der Waals surface area contributed by atoms with E-state index in [0.717, 1.165) is 20.9 Å². The highest BCUT2D eigenvalue weighted by atomic mass is 32.2. The number of nitrogens with one attached hydrogen (secondary N) is 2. The number of imidazole rings is 1. The molecule has 2 aromatic heterocycles. The van der Waals surface area contributed by atoms with Crippen molar-refractivity contribution in [3.05, 3.63) is 54.1 Å². The van der Waals surface area contributed by atoms with Crippen LogP contribution >= 0.6 is 23.1 Å². The number of hydrogen-bond donors (Lipinski definition) is 2. The number of thioether (sulfide) groups is 1. The van der Waals surface area contributed by atoms with Crippen molar-refractivity contribution in [1.29, 1.82) is 0 Å². The van der Waals surface area contributed by atoms with Crippen molar-refractivity contribution >= 4 is 34.1 Å². The van der Waals surface area contributed by atoms with Crippen molar-refractivity contribution in [2.45, 2.75) is 10.4 Å². The van der Waals surface area contributed by atoms with E-state index in [2.05, 4.69) is 25.8 Å². The van der Waals surface area contributed by atoms with Gasteiger partial charge in [0.15, 0.2) is 4.34 Å². The molecule has 1 aromatic carbocycles. The number of carbonyl (C=O) groups is 1. The van der Waals surface area contributed by atoms with Crippen molar-refractivity contribution in [1.82, 2.24) is 25.1 Å². The van der Waals surface area contributed by atoms with Gasteiger partial charge in [-0.05, 0) is 5.56 Å². The minimum absolute atomic E-state index is 0.0805. The van der Waals surface area contributed by atoms with E-state index >= 15 is 0 Å². The number of aryl methyl sites for hydroxylation is 1. The second kappa shape index (κ2) is 8.13. The number of benzene rings is 1. The maximum atomic E-state index is 12.5. The molecule has 7 nitrogen and oxygen atoms in total. The molecule has 3 rings (SSSR count).